The molecule has 0 atom stereocenters. The Hall–Kier alpha value is -1.63. The summed E-state index contributed by atoms with van der Waals surface area (Å²) in [4.78, 5) is 38.6. The van der Waals surface area contributed by atoms with Gasteiger partial charge in [0.1, 0.15) is 0 Å². The summed E-state index contributed by atoms with van der Waals surface area (Å²) < 4.78 is 0. The van der Waals surface area contributed by atoms with Gasteiger partial charge in [0.15, 0.2) is 0 Å². The molecule has 126 valence electrons. The molecule has 0 aromatic carbocycles. The van der Waals surface area contributed by atoms with Crippen LogP contribution < -0.4 is 10.6 Å². The molecule has 2 N–H and O–H groups in total. The SMILES string of the molecule is CC(=O)N(C)C1CCN(CC(=O)NC(=O)NC(C)(C)C)CC1. The Kier molecular flexibility index (Phi) is 6.34. The molecule has 0 radical (unpaired) electrons. The van der Waals surface area contributed by atoms with Crippen LogP contribution in [0.4, 0.5) is 4.79 Å². The van der Waals surface area contributed by atoms with Gasteiger partial charge in [0, 0.05) is 38.6 Å². The molecule has 0 bridgehead atoms. The Bertz CT molecular complexity index is 423. The summed E-state index contributed by atoms with van der Waals surface area (Å²) in [7, 11) is 1.81. The number of piperidine rings is 1. The summed E-state index contributed by atoms with van der Waals surface area (Å²) in [5, 5.41) is 5.03. The highest BCUT2D eigenvalue weighted by Gasteiger charge is 2.25. The molecule has 0 aliphatic carbocycles. The molecule has 1 aliphatic heterocycles. The van der Waals surface area contributed by atoms with E-state index in [4.69, 9.17) is 0 Å². The van der Waals surface area contributed by atoms with Crippen LogP contribution in [0.5, 0.6) is 0 Å². The van der Waals surface area contributed by atoms with E-state index in [2.05, 4.69) is 10.6 Å². The van der Waals surface area contributed by atoms with E-state index in [9.17, 15) is 14.4 Å². The van der Waals surface area contributed by atoms with E-state index in [1.807, 2.05) is 32.7 Å². The molecule has 1 heterocycles. The molecular formula is C15H28N4O3. The first-order valence-corrected chi connectivity index (χ1v) is 7.66. The first-order chi connectivity index (χ1) is 10.1. The fourth-order valence-corrected chi connectivity index (χ4v) is 2.46. The van der Waals surface area contributed by atoms with E-state index < -0.39 is 6.03 Å². The number of likely N-dealkylation sites (tertiary alicyclic amines) is 1. The van der Waals surface area contributed by atoms with Gasteiger partial charge in [-0.1, -0.05) is 0 Å². The summed E-state index contributed by atoms with van der Waals surface area (Å²) in [6.07, 6.45) is 1.69. The lowest BCUT2D eigenvalue weighted by atomic mass is 10.0. The van der Waals surface area contributed by atoms with Gasteiger partial charge in [0.2, 0.25) is 11.8 Å². The van der Waals surface area contributed by atoms with Gasteiger partial charge in [-0.05, 0) is 33.6 Å². The number of hydrogen-bond donors (Lipinski definition) is 2. The van der Waals surface area contributed by atoms with Gasteiger partial charge in [-0.3, -0.25) is 19.8 Å². The van der Waals surface area contributed by atoms with Crippen LogP contribution in [0, 0.1) is 0 Å². The van der Waals surface area contributed by atoms with Crippen LogP contribution >= 0.6 is 0 Å². The molecule has 0 saturated carbocycles. The fourth-order valence-electron chi connectivity index (χ4n) is 2.46. The van der Waals surface area contributed by atoms with Crippen LogP contribution in [0.15, 0.2) is 0 Å². The molecule has 0 unspecified atom stereocenters. The van der Waals surface area contributed by atoms with E-state index in [1.165, 1.54) is 0 Å². The van der Waals surface area contributed by atoms with Crippen LogP contribution in [0.2, 0.25) is 0 Å². The summed E-state index contributed by atoms with van der Waals surface area (Å²) in [6.45, 7) is 8.82. The van der Waals surface area contributed by atoms with Crippen molar-refractivity contribution in [1.29, 1.82) is 0 Å². The molecule has 0 aromatic heterocycles. The van der Waals surface area contributed by atoms with Crippen LogP contribution in [0.3, 0.4) is 0 Å². The van der Waals surface area contributed by atoms with Gasteiger partial charge < -0.3 is 10.2 Å². The predicted octanol–water partition coefficient (Wildman–Crippen LogP) is 0.553. The first-order valence-electron chi connectivity index (χ1n) is 7.66. The molecule has 22 heavy (non-hydrogen) atoms. The van der Waals surface area contributed by atoms with Crippen molar-refractivity contribution in [3.63, 3.8) is 0 Å². The van der Waals surface area contributed by atoms with Crippen molar-refractivity contribution in [3.05, 3.63) is 0 Å². The Labute approximate surface area is 132 Å². The van der Waals surface area contributed by atoms with Crippen LogP contribution in [-0.4, -0.2) is 65.9 Å². The zero-order chi connectivity index (χ0) is 16.9. The first kappa shape index (κ1) is 18.4. The maximum atomic E-state index is 11.9. The van der Waals surface area contributed by atoms with E-state index in [0.717, 1.165) is 25.9 Å². The second-order valence-electron chi connectivity index (χ2n) is 6.89. The number of nitrogens with zero attached hydrogens (tertiary/aromatic N) is 2. The number of hydrogen-bond acceptors (Lipinski definition) is 4. The van der Waals surface area contributed by atoms with Gasteiger partial charge in [-0.25, -0.2) is 4.79 Å². The lowest BCUT2D eigenvalue weighted by Gasteiger charge is -2.36. The van der Waals surface area contributed by atoms with Crippen molar-refractivity contribution in [2.75, 3.05) is 26.7 Å². The van der Waals surface area contributed by atoms with Gasteiger partial charge in [0.05, 0.1) is 6.54 Å². The molecular weight excluding hydrogens is 284 g/mol. The molecule has 0 spiro atoms. The minimum absolute atomic E-state index is 0.0649. The lowest BCUT2D eigenvalue weighted by molar-refractivity contribution is -0.131. The predicted molar refractivity (Wildman–Crippen MR) is 84.3 cm³/mol. The minimum atomic E-state index is -0.469. The van der Waals surface area contributed by atoms with Crippen LogP contribution in [0.25, 0.3) is 0 Å². The van der Waals surface area contributed by atoms with Crippen LogP contribution in [0.1, 0.15) is 40.5 Å². The Balaban J connectivity index is 2.33. The molecule has 1 fully saturated rings. The maximum Gasteiger partial charge on any atom is 0.321 e. The summed E-state index contributed by atoms with van der Waals surface area (Å²) in [5.74, 6) is -0.241. The number of urea groups is 1. The Morgan fingerprint density at radius 2 is 1.73 bits per heavy atom. The maximum absolute atomic E-state index is 11.9. The standard InChI is InChI=1S/C15H28N4O3/c1-11(20)18(5)12-6-8-19(9-7-12)10-13(21)16-14(22)17-15(2,3)4/h12H,6-10H2,1-5H3,(H2,16,17,21,22). The third kappa shape index (κ3) is 6.43. The third-order valence-electron chi connectivity index (χ3n) is 3.71. The summed E-state index contributed by atoms with van der Waals surface area (Å²) >= 11 is 0. The minimum Gasteiger partial charge on any atom is -0.343 e. The largest absolute Gasteiger partial charge is 0.343 e. The van der Waals surface area contributed by atoms with E-state index in [0.29, 0.717) is 0 Å². The van der Waals surface area contributed by atoms with Crippen molar-refractivity contribution in [2.45, 2.75) is 52.1 Å². The second-order valence-corrected chi connectivity index (χ2v) is 6.89. The Morgan fingerprint density at radius 1 is 1.18 bits per heavy atom. The van der Waals surface area contributed by atoms with Crippen molar-refractivity contribution < 1.29 is 14.4 Å². The molecule has 0 aromatic rings. The normalized spacial score (nSPS) is 17.0. The molecule has 1 saturated heterocycles. The van der Waals surface area contributed by atoms with Gasteiger partial charge in [0.25, 0.3) is 0 Å². The van der Waals surface area contributed by atoms with Gasteiger partial charge in [-0.2, -0.15) is 0 Å². The number of nitrogens with one attached hydrogen (secondary N) is 2. The zero-order valence-electron chi connectivity index (χ0n) is 14.2. The second kappa shape index (κ2) is 7.58. The van der Waals surface area contributed by atoms with E-state index >= 15 is 0 Å². The van der Waals surface area contributed by atoms with Crippen LogP contribution in [-0.2, 0) is 9.59 Å². The highest BCUT2D eigenvalue weighted by molar-refractivity contribution is 5.95. The van der Waals surface area contributed by atoms with Gasteiger partial charge >= 0.3 is 6.03 Å². The highest BCUT2D eigenvalue weighted by Crippen LogP contribution is 2.15. The van der Waals surface area contributed by atoms with E-state index in [-0.39, 0.29) is 29.9 Å². The number of carbonyl (C=O) groups excluding carboxylic acids is 3. The Morgan fingerprint density at radius 3 is 2.18 bits per heavy atom. The molecule has 4 amide bonds. The number of carbonyl (C=O) groups is 3. The molecule has 7 heteroatoms. The van der Waals surface area contributed by atoms with Crippen molar-refractivity contribution in [3.8, 4) is 0 Å². The summed E-state index contributed by atoms with van der Waals surface area (Å²) in [5.41, 5.74) is -0.375. The molecule has 7 nitrogen and oxygen atoms in total. The summed E-state index contributed by atoms with van der Waals surface area (Å²) in [6, 6.07) is -0.232. The number of rotatable bonds is 3. The van der Waals surface area contributed by atoms with Crippen molar-refractivity contribution >= 4 is 17.8 Å². The zero-order valence-corrected chi connectivity index (χ0v) is 14.2. The average molecular weight is 312 g/mol. The van der Waals surface area contributed by atoms with Crippen molar-refractivity contribution in [1.82, 2.24) is 20.4 Å². The fraction of sp³-hybridized carbons (Fsp3) is 0.800. The monoisotopic (exact) mass is 312 g/mol. The quantitative estimate of drug-likeness (QED) is 0.797. The topological polar surface area (TPSA) is 81.8 Å². The molecule has 1 aliphatic rings. The van der Waals surface area contributed by atoms with Crippen molar-refractivity contribution in [2.24, 2.45) is 0 Å². The average Bonchev–Trinajstić information content (AvgIpc) is 2.35. The number of imide groups is 1. The highest BCUT2D eigenvalue weighted by atomic mass is 16.2. The third-order valence-corrected chi connectivity index (χ3v) is 3.71. The lowest BCUT2D eigenvalue weighted by Crippen LogP contribution is -2.52. The van der Waals surface area contributed by atoms with E-state index in [1.54, 1.807) is 11.8 Å². The number of amides is 4. The molecule has 1 rings (SSSR count). The smallest absolute Gasteiger partial charge is 0.321 e. The van der Waals surface area contributed by atoms with Gasteiger partial charge in [-0.15, -0.1) is 0 Å².